The Labute approximate surface area is 134 Å². The highest BCUT2D eigenvalue weighted by molar-refractivity contribution is 9.10. The minimum atomic E-state index is 0.494. The van der Waals surface area contributed by atoms with Gasteiger partial charge in [-0.1, -0.05) is 28.9 Å². The van der Waals surface area contributed by atoms with Crippen molar-refractivity contribution in [2.75, 3.05) is 6.54 Å². The first-order valence-electron chi connectivity index (χ1n) is 7.14. The van der Waals surface area contributed by atoms with Crippen LogP contribution in [0.1, 0.15) is 29.3 Å². The first-order chi connectivity index (χ1) is 10.1. The SMILES string of the molecule is CCNCc1cc(Br)cc(C)c1OCc1ncccc1C. The zero-order valence-electron chi connectivity index (χ0n) is 12.7. The van der Waals surface area contributed by atoms with E-state index in [1.54, 1.807) is 6.20 Å². The van der Waals surface area contributed by atoms with Crippen molar-refractivity contribution in [1.82, 2.24) is 10.3 Å². The maximum Gasteiger partial charge on any atom is 0.130 e. The number of aromatic nitrogens is 1. The number of nitrogens with zero attached hydrogens (tertiary/aromatic N) is 1. The maximum atomic E-state index is 6.06. The molecule has 1 aromatic heterocycles. The lowest BCUT2D eigenvalue weighted by Gasteiger charge is -2.15. The van der Waals surface area contributed by atoms with Gasteiger partial charge in [0.1, 0.15) is 12.4 Å². The highest BCUT2D eigenvalue weighted by atomic mass is 79.9. The van der Waals surface area contributed by atoms with Crippen LogP contribution < -0.4 is 10.1 Å². The Kier molecular flexibility index (Phi) is 5.76. The Bertz CT molecular complexity index is 614. The van der Waals surface area contributed by atoms with E-state index in [2.05, 4.69) is 65.2 Å². The normalized spacial score (nSPS) is 10.7. The smallest absolute Gasteiger partial charge is 0.130 e. The third kappa shape index (κ3) is 4.29. The van der Waals surface area contributed by atoms with Gasteiger partial charge in [0.2, 0.25) is 0 Å². The standard InChI is InChI=1S/C17H21BrN2O/c1-4-19-10-14-9-15(18)8-13(3)17(14)21-11-16-12(2)6-5-7-20-16/h5-9,19H,4,10-11H2,1-3H3. The summed E-state index contributed by atoms with van der Waals surface area (Å²) in [5.74, 6) is 0.948. The largest absolute Gasteiger partial charge is 0.487 e. The second-order valence-electron chi connectivity index (χ2n) is 5.05. The average Bonchev–Trinajstić information content (AvgIpc) is 2.45. The van der Waals surface area contributed by atoms with Crippen LogP contribution in [0.2, 0.25) is 0 Å². The van der Waals surface area contributed by atoms with Gasteiger partial charge in [-0.05, 0) is 49.7 Å². The summed E-state index contributed by atoms with van der Waals surface area (Å²) in [6.45, 7) is 8.45. The quantitative estimate of drug-likeness (QED) is 0.851. The first-order valence-corrected chi connectivity index (χ1v) is 7.94. The van der Waals surface area contributed by atoms with Gasteiger partial charge in [-0.3, -0.25) is 4.98 Å². The van der Waals surface area contributed by atoms with Crippen molar-refractivity contribution in [1.29, 1.82) is 0 Å². The van der Waals surface area contributed by atoms with Crippen LogP contribution in [-0.4, -0.2) is 11.5 Å². The number of rotatable bonds is 6. The van der Waals surface area contributed by atoms with Crippen LogP contribution >= 0.6 is 15.9 Å². The van der Waals surface area contributed by atoms with E-state index in [9.17, 15) is 0 Å². The van der Waals surface area contributed by atoms with E-state index in [4.69, 9.17) is 4.74 Å². The summed E-state index contributed by atoms with van der Waals surface area (Å²) in [7, 11) is 0. The second kappa shape index (κ2) is 7.57. The number of halogens is 1. The van der Waals surface area contributed by atoms with Crippen LogP contribution in [0.15, 0.2) is 34.9 Å². The van der Waals surface area contributed by atoms with Crippen molar-refractivity contribution in [3.05, 3.63) is 57.3 Å². The van der Waals surface area contributed by atoms with Gasteiger partial charge in [-0.2, -0.15) is 0 Å². The van der Waals surface area contributed by atoms with Crippen LogP contribution in [0, 0.1) is 13.8 Å². The molecule has 0 radical (unpaired) electrons. The highest BCUT2D eigenvalue weighted by Gasteiger charge is 2.10. The fraction of sp³-hybridized carbons (Fsp3) is 0.353. The molecule has 0 fully saturated rings. The molecule has 2 aromatic rings. The molecule has 0 saturated heterocycles. The fourth-order valence-electron chi connectivity index (χ4n) is 2.21. The molecule has 0 aliphatic rings. The number of ether oxygens (including phenoxy) is 1. The molecule has 0 aliphatic carbocycles. The van der Waals surface area contributed by atoms with Crippen molar-refractivity contribution in [2.24, 2.45) is 0 Å². The van der Waals surface area contributed by atoms with Gasteiger partial charge >= 0.3 is 0 Å². The van der Waals surface area contributed by atoms with Gasteiger partial charge in [0.05, 0.1) is 5.69 Å². The number of pyridine rings is 1. The molecule has 112 valence electrons. The maximum absolute atomic E-state index is 6.06. The van der Waals surface area contributed by atoms with Crippen molar-refractivity contribution in [3.8, 4) is 5.75 Å². The number of aryl methyl sites for hydroxylation is 2. The zero-order chi connectivity index (χ0) is 15.2. The summed E-state index contributed by atoms with van der Waals surface area (Å²) in [5, 5.41) is 3.35. The van der Waals surface area contributed by atoms with Gasteiger partial charge in [-0.15, -0.1) is 0 Å². The van der Waals surface area contributed by atoms with E-state index in [-0.39, 0.29) is 0 Å². The molecule has 0 spiro atoms. The molecule has 21 heavy (non-hydrogen) atoms. The van der Waals surface area contributed by atoms with Crippen molar-refractivity contribution >= 4 is 15.9 Å². The predicted molar refractivity (Wildman–Crippen MR) is 89.6 cm³/mol. The third-order valence-corrected chi connectivity index (χ3v) is 3.81. The van der Waals surface area contributed by atoms with Gasteiger partial charge in [0.15, 0.2) is 0 Å². The predicted octanol–water partition coefficient (Wildman–Crippen LogP) is 4.15. The molecule has 3 nitrogen and oxygen atoms in total. The number of hydrogen-bond acceptors (Lipinski definition) is 3. The van der Waals surface area contributed by atoms with Crippen LogP contribution in [0.5, 0.6) is 5.75 Å². The minimum absolute atomic E-state index is 0.494. The number of nitrogens with one attached hydrogen (secondary N) is 1. The minimum Gasteiger partial charge on any atom is -0.487 e. The first kappa shape index (κ1) is 16.0. The Balaban J connectivity index is 2.20. The van der Waals surface area contributed by atoms with Crippen molar-refractivity contribution in [2.45, 2.75) is 33.9 Å². The van der Waals surface area contributed by atoms with Gasteiger partial charge in [0.25, 0.3) is 0 Å². The Morgan fingerprint density at radius 1 is 1.24 bits per heavy atom. The monoisotopic (exact) mass is 348 g/mol. The lowest BCUT2D eigenvalue weighted by molar-refractivity contribution is 0.294. The molecule has 0 bridgehead atoms. The third-order valence-electron chi connectivity index (χ3n) is 3.35. The lowest BCUT2D eigenvalue weighted by Crippen LogP contribution is -2.13. The Morgan fingerprint density at radius 2 is 2.05 bits per heavy atom. The summed E-state index contributed by atoms with van der Waals surface area (Å²) >= 11 is 3.55. The molecule has 0 atom stereocenters. The Morgan fingerprint density at radius 3 is 2.76 bits per heavy atom. The molecule has 0 amide bonds. The van der Waals surface area contributed by atoms with E-state index < -0.39 is 0 Å². The summed E-state index contributed by atoms with van der Waals surface area (Å²) in [6.07, 6.45) is 1.81. The average molecular weight is 349 g/mol. The zero-order valence-corrected chi connectivity index (χ0v) is 14.3. The Hall–Kier alpha value is -1.39. The molecule has 0 unspecified atom stereocenters. The van der Waals surface area contributed by atoms with E-state index >= 15 is 0 Å². The number of benzene rings is 1. The fourth-order valence-corrected chi connectivity index (χ4v) is 2.83. The van der Waals surface area contributed by atoms with E-state index in [0.717, 1.165) is 45.7 Å². The van der Waals surface area contributed by atoms with Gasteiger partial charge < -0.3 is 10.1 Å². The van der Waals surface area contributed by atoms with Crippen LogP contribution in [-0.2, 0) is 13.2 Å². The molecule has 4 heteroatoms. The van der Waals surface area contributed by atoms with Crippen molar-refractivity contribution < 1.29 is 4.74 Å². The molecule has 1 heterocycles. The van der Waals surface area contributed by atoms with Crippen molar-refractivity contribution in [3.63, 3.8) is 0 Å². The molecular formula is C17H21BrN2O. The van der Waals surface area contributed by atoms with Crippen LogP contribution in [0.4, 0.5) is 0 Å². The molecular weight excluding hydrogens is 328 g/mol. The second-order valence-corrected chi connectivity index (χ2v) is 5.96. The topological polar surface area (TPSA) is 34.1 Å². The summed E-state index contributed by atoms with van der Waals surface area (Å²) in [5.41, 5.74) is 4.43. The highest BCUT2D eigenvalue weighted by Crippen LogP contribution is 2.29. The molecule has 0 saturated carbocycles. The summed E-state index contributed by atoms with van der Waals surface area (Å²) < 4.78 is 7.14. The van der Waals surface area contributed by atoms with E-state index in [1.165, 1.54) is 0 Å². The number of hydrogen-bond donors (Lipinski definition) is 1. The van der Waals surface area contributed by atoms with Gasteiger partial charge in [0, 0.05) is 22.8 Å². The molecule has 1 aromatic carbocycles. The van der Waals surface area contributed by atoms with E-state index in [0.29, 0.717) is 6.61 Å². The molecule has 1 N–H and O–H groups in total. The summed E-state index contributed by atoms with van der Waals surface area (Å²) in [4.78, 5) is 4.38. The molecule has 0 aliphatic heterocycles. The van der Waals surface area contributed by atoms with E-state index in [1.807, 2.05) is 6.07 Å². The van der Waals surface area contributed by atoms with Gasteiger partial charge in [-0.25, -0.2) is 0 Å². The summed E-state index contributed by atoms with van der Waals surface area (Å²) in [6, 6.07) is 8.19. The van der Waals surface area contributed by atoms with Crippen LogP contribution in [0.25, 0.3) is 0 Å². The lowest BCUT2D eigenvalue weighted by atomic mass is 10.1. The van der Waals surface area contributed by atoms with Crippen LogP contribution in [0.3, 0.4) is 0 Å². The molecule has 2 rings (SSSR count).